The summed E-state index contributed by atoms with van der Waals surface area (Å²) in [5, 5.41) is 6.31. The van der Waals surface area contributed by atoms with E-state index in [4.69, 9.17) is 11.6 Å². The molecule has 4 rings (SSSR count). The monoisotopic (exact) mass is 394 g/mol. The number of carbonyl (C=O) groups excluding carboxylic acids is 2. The molecule has 1 fully saturated rings. The van der Waals surface area contributed by atoms with Gasteiger partial charge in [-0.3, -0.25) is 14.6 Å². The summed E-state index contributed by atoms with van der Waals surface area (Å²) in [5.41, 5.74) is 2.14. The van der Waals surface area contributed by atoms with Crippen molar-refractivity contribution in [2.75, 3.05) is 11.9 Å². The molecule has 0 saturated heterocycles. The highest BCUT2D eigenvalue weighted by molar-refractivity contribution is 6.30. The van der Waals surface area contributed by atoms with E-state index < -0.39 is 0 Å². The Morgan fingerprint density at radius 3 is 2.61 bits per heavy atom. The summed E-state index contributed by atoms with van der Waals surface area (Å²) in [5.74, 6) is 0.211. The molecule has 1 aliphatic heterocycles. The Morgan fingerprint density at radius 1 is 1.07 bits per heavy atom. The molecule has 2 aromatic rings. The number of pyridine rings is 1. The first-order valence-electron chi connectivity index (χ1n) is 9.14. The third-order valence-electron chi connectivity index (χ3n) is 4.69. The third-order valence-corrected chi connectivity index (χ3v) is 4.94. The molecular formula is C21H19ClN4O2. The van der Waals surface area contributed by atoms with E-state index in [0.29, 0.717) is 28.6 Å². The second-order valence-corrected chi connectivity index (χ2v) is 7.36. The summed E-state index contributed by atoms with van der Waals surface area (Å²) in [4.78, 5) is 33.0. The van der Waals surface area contributed by atoms with Gasteiger partial charge < -0.3 is 10.6 Å². The number of anilines is 1. The van der Waals surface area contributed by atoms with Crippen molar-refractivity contribution in [1.29, 1.82) is 0 Å². The molecule has 142 valence electrons. The van der Waals surface area contributed by atoms with Crippen LogP contribution in [-0.4, -0.2) is 29.6 Å². The lowest BCUT2D eigenvalue weighted by atomic mass is 9.96. The second-order valence-electron chi connectivity index (χ2n) is 6.92. The van der Waals surface area contributed by atoms with Crippen LogP contribution in [0.25, 0.3) is 0 Å². The van der Waals surface area contributed by atoms with Crippen LogP contribution in [0.1, 0.15) is 34.7 Å². The number of allylic oxidation sites excluding steroid dienone is 1. The van der Waals surface area contributed by atoms with E-state index in [9.17, 15) is 9.59 Å². The number of benzene rings is 1. The molecular weight excluding hydrogens is 376 g/mol. The molecule has 2 N–H and O–H groups in total. The highest BCUT2D eigenvalue weighted by Crippen LogP contribution is 2.30. The molecule has 2 amide bonds. The maximum Gasteiger partial charge on any atom is 0.255 e. The van der Waals surface area contributed by atoms with Gasteiger partial charge >= 0.3 is 0 Å². The molecule has 1 unspecified atom stereocenters. The second kappa shape index (κ2) is 7.94. The number of hydrogen-bond donors (Lipinski definition) is 2. The van der Waals surface area contributed by atoms with Crippen molar-refractivity contribution in [3.05, 3.63) is 70.5 Å². The van der Waals surface area contributed by atoms with Crippen LogP contribution in [0.2, 0.25) is 5.02 Å². The predicted molar refractivity (Wildman–Crippen MR) is 109 cm³/mol. The van der Waals surface area contributed by atoms with Crippen molar-refractivity contribution in [3.8, 4) is 0 Å². The Hall–Kier alpha value is -2.99. The lowest BCUT2D eigenvalue weighted by Crippen LogP contribution is -2.26. The number of hydrogen-bond acceptors (Lipinski definition) is 4. The summed E-state index contributed by atoms with van der Waals surface area (Å²) in [7, 11) is 0. The molecule has 1 aliphatic carbocycles. The van der Waals surface area contributed by atoms with E-state index in [1.165, 1.54) is 6.20 Å². The Kier molecular flexibility index (Phi) is 5.21. The maximum absolute atomic E-state index is 12.6. The van der Waals surface area contributed by atoms with Crippen LogP contribution in [0.5, 0.6) is 0 Å². The van der Waals surface area contributed by atoms with Gasteiger partial charge in [-0.1, -0.05) is 23.7 Å². The van der Waals surface area contributed by atoms with Crippen LogP contribution >= 0.6 is 11.6 Å². The van der Waals surface area contributed by atoms with Crippen LogP contribution in [0.15, 0.2) is 59.4 Å². The standard InChI is InChI=1S/C21H19ClN4O2/c22-17-5-3-13(4-6-17)16-9-18(12-23-11-16)25-21(28)15-7-8-24-19(10-15)26-20(27)14-1-2-14/h3-10,12,14,16H,1-2,11H2,(H,25,28)(H,24,26,27). The fourth-order valence-corrected chi connectivity index (χ4v) is 3.11. The maximum atomic E-state index is 12.6. The Bertz CT molecular complexity index is 965. The lowest BCUT2D eigenvalue weighted by molar-refractivity contribution is -0.117. The number of carbonyl (C=O) groups is 2. The summed E-state index contributed by atoms with van der Waals surface area (Å²) in [6, 6.07) is 10.8. The normalized spacial score (nSPS) is 18.3. The number of halogens is 1. The third kappa shape index (κ3) is 4.46. The molecule has 1 saturated carbocycles. The zero-order valence-electron chi connectivity index (χ0n) is 15.1. The average Bonchev–Trinajstić information content (AvgIpc) is 3.54. The van der Waals surface area contributed by atoms with Gasteiger partial charge in [0.25, 0.3) is 5.91 Å². The fraction of sp³-hybridized carbons (Fsp3) is 0.238. The van der Waals surface area contributed by atoms with Crippen LogP contribution in [-0.2, 0) is 4.79 Å². The number of nitrogens with one attached hydrogen (secondary N) is 2. The molecule has 1 atom stereocenters. The first-order chi connectivity index (χ1) is 13.6. The van der Waals surface area contributed by atoms with Gasteiger partial charge in [0, 0.05) is 41.4 Å². The minimum absolute atomic E-state index is 0.0435. The largest absolute Gasteiger partial charge is 0.321 e. The fourth-order valence-electron chi connectivity index (χ4n) is 2.98. The number of dihydropyridines is 1. The molecule has 6 nitrogen and oxygen atoms in total. The van der Waals surface area contributed by atoms with Crippen molar-refractivity contribution < 1.29 is 9.59 Å². The summed E-state index contributed by atoms with van der Waals surface area (Å²) < 4.78 is 0. The molecule has 0 radical (unpaired) electrons. The number of rotatable bonds is 5. The smallest absolute Gasteiger partial charge is 0.255 e. The predicted octanol–water partition coefficient (Wildman–Crippen LogP) is 3.57. The molecule has 1 aromatic heterocycles. The van der Waals surface area contributed by atoms with Crippen molar-refractivity contribution >= 4 is 35.4 Å². The lowest BCUT2D eigenvalue weighted by Gasteiger charge is -2.17. The average molecular weight is 395 g/mol. The van der Waals surface area contributed by atoms with Gasteiger partial charge in [0.1, 0.15) is 5.82 Å². The van der Waals surface area contributed by atoms with Crippen LogP contribution in [0.4, 0.5) is 5.82 Å². The number of nitrogens with zero attached hydrogens (tertiary/aromatic N) is 2. The van der Waals surface area contributed by atoms with E-state index in [2.05, 4.69) is 20.6 Å². The minimum atomic E-state index is -0.279. The summed E-state index contributed by atoms with van der Waals surface area (Å²) in [6.45, 7) is 0.619. The zero-order chi connectivity index (χ0) is 19.5. The van der Waals surface area contributed by atoms with Gasteiger partial charge in [-0.15, -0.1) is 0 Å². The SMILES string of the molecule is O=C(NC1=CC(c2ccc(Cl)cc2)CN=C1)c1ccnc(NC(=O)C2CC2)c1. The van der Waals surface area contributed by atoms with Gasteiger partial charge in [-0.05, 0) is 48.7 Å². The molecule has 2 aliphatic rings. The number of aromatic nitrogens is 1. The molecule has 7 heteroatoms. The first kappa shape index (κ1) is 18.4. The highest BCUT2D eigenvalue weighted by Gasteiger charge is 2.29. The Morgan fingerprint density at radius 2 is 1.86 bits per heavy atom. The Labute approximate surface area is 167 Å². The summed E-state index contributed by atoms with van der Waals surface area (Å²) >= 11 is 5.95. The van der Waals surface area contributed by atoms with Crippen molar-refractivity contribution in [2.45, 2.75) is 18.8 Å². The molecule has 0 spiro atoms. The number of aliphatic imine (C=N–C) groups is 1. The van der Waals surface area contributed by atoms with Crippen molar-refractivity contribution in [3.63, 3.8) is 0 Å². The van der Waals surface area contributed by atoms with Crippen LogP contribution < -0.4 is 10.6 Å². The highest BCUT2D eigenvalue weighted by atomic mass is 35.5. The van der Waals surface area contributed by atoms with Crippen molar-refractivity contribution in [1.82, 2.24) is 10.3 Å². The van der Waals surface area contributed by atoms with E-state index in [1.54, 1.807) is 18.3 Å². The molecule has 28 heavy (non-hydrogen) atoms. The van der Waals surface area contributed by atoms with Crippen LogP contribution in [0, 0.1) is 5.92 Å². The first-order valence-corrected chi connectivity index (χ1v) is 9.51. The Balaban J connectivity index is 1.44. The van der Waals surface area contributed by atoms with Gasteiger partial charge in [-0.25, -0.2) is 4.98 Å². The van der Waals surface area contributed by atoms with Crippen molar-refractivity contribution in [2.24, 2.45) is 10.9 Å². The number of amides is 2. The minimum Gasteiger partial charge on any atom is -0.321 e. The zero-order valence-corrected chi connectivity index (χ0v) is 15.8. The van der Waals surface area contributed by atoms with Crippen LogP contribution in [0.3, 0.4) is 0 Å². The van der Waals surface area contributed by atoms with Gasteiger partial charge in [0.15, 0.2) is 0 Å². The van der Waals surface area contributed by atoms with Gasteiger partial charge in [0.05, 0.1) is 5.70 Å². The van der Waals surface area contributed by atoms with Gasteiger partial charge in [-0.2, -0.15) is 0 Å². The molecule has 2 heterocycles. The quantitative estimate of drug-likeness (QED) is 0.813. The van der Waals surface area contributed by atoms with E-state index in [0.717, 1.165) is 18.4 Å². The molecule has 1 aromatic carbocycles. The summed E-state index contributed by atoms with van der Waals surface area (Å²) in [6.07, 6.45) is 6.96. The van der Waals surface area contributed by atoms with E-state index in [-0.39, 0.29) is 23.7 Å². The van der Waals surface area contributed by atoms with Gasteiger partial charge in [0.2, 0.25) is 5.91 Å². The van der Waals surface area contributed by atoms with E-state index in [1.807, 2.05) is 30.3 Å². The van der Waals surface area contributed by atoms with E-state index >= 15 is 0 Å². The topological polar surface area (TPSA) is 83.4 Å². The molecule has 0 bridgehead atoms.